The molecule has 6 nitrogen and oxygen atoms in total. The Morgan fingerprint density at radius 1 is 1.33 bits per heavy atom. The molecular weight excluding hydrogens is 324 g/mol. The summed E-state index contributed by atoms with van der Waals surface area (Å²) in [5.74, 6) is -0.481. The molecular formula is C17H18N4O2S. The van der Waals surface area contributed by atoms with Crippen LogP contribution in [0.25, 0.3) is 6.08 Å². The van der Waals surface area contributed by atoms with Crippen LogP contribution in [0.4, 0.5) is 5.69 Å². The van der Waals surface area contributed by atoms with Gasteiger partial charge in [0.2, 0.25) is 5.91 Å². The van der Waals surface area contributed by atoms with Crippen molar-refractivity contribution >= 4 is 34.9 Å². The number of nitrogens with zero attached hydrogens (tertiary/aromatic N) is 2. The Morgan fingerprint density at radius 2 is 2.21 bits per heavy atom. The highest BCUT2D eigenvalue weighted by Gasteiger charge is 2.20. The third-order valence-corrected chi connectivity index (χ3v) is 4.65. The fourth-order valence-electron chi connectivity index (χ4n) is 2.60. The average Bonchev–Trinajstić information content (AvgIpc) is 3.12. The second-order valence-electron chi connectivity index (χ2n) is 5.45. The maximum Gasteiger partial charge on any atom is 0.261 e. The van der Waals surface area contributed by atoms with Gasteiger partial charge in [-0.2, -0.15) is 0 Å². The van der Waals surface area contributed by atoms with Gasteiger partial charge in [0.1, 0.15) is 0 Å². The van der Waals surface area contributed by atoms with E-state index in [9.17, 15) is 9.59 Å². The van der Waals surface area contributed by atoms with Crippen LogP contribution in [0.5, 0.6) is 0 Å². The van der Waals surface area contributed by atoms with Crippen LogP contribution in [0.2, 0.25) is 0 Å². The molecule has 0 spiro atoms. The van der Waals surface area contributed by atoms with Crippen LogP contribution in [-0.2, 0) is 4.79 Å². The quantitative estimate of drug-likeness (QED) is 0.781. The van der Waals surface area contributed by atoms with Gasteiger partial charge in [-0.3, -0.25) is 14.6 Å². The predicted molar refractivity (Wildman–Crippen MR) is 94.9 cm³/mol. The molecule has 1 aliphatic heterocycles. The molecule has 3 N–H and O–H groups in total. The molecule has 3 heterocycles. The Hall–Kier alpha value is -2.67. The number of anilines is 1. The van der Waals surface area contributed by atoms with Crippen molar-refractivity contribution < 1.29 is 9.59 Å². The van der Waals surface area contributed by atoms with Gasteiger partial charge in [0.25, 0.3) is 5.91 Å². The van der Waals surface area contributed by atoms with Crippen molar-refractivity contribution in [2.24, 2.45) is 5.73 Å². The van der Waals surface area contributed by atoms with Crippen molar-refractivity contribution in [1.82, 2.24) is 10.3 Å². The second-order valence-corrected chi connectivity index (χ2v) is 6.40. The van der Waals surface area contributed by atoms with Gasteiger partial charge < -0.3 is 16.0 Å². The first-order valence-corrected chi connectivity index (χ1v) is 8.55. The predicted octanol–water partition coefficient (Wildman–Crippen LogP) is 1.65. The number of primary amides is 1. The molecule has 0 bridgehead atoms. The number of rotatable bonds is 6. The van der Waals surface area contributed by atoms with Gasteiger partial charge in [-0.25, -0.2) is 0 Å². The summed E-state index contributed by atoms with van der Waals surface area (Å²) in [6.45, 7) is 1.74. The van der Waals surface area contributed by atoms with Crippen LogP contribution in [0.1, 0.15) is 21.8 Å². The third-order valence-electron chi connectivity index (χ3n) is 3.78. The lowest BCUT2D eigenvalue weighted by molar-refractivity contribution is -0.114. The van der Waals surface area contributed by atoms with Crippen molar-refractivity contribution in [2.45, 2.75) is 6.42 Å². The van der Waals surface area contributed by atoms with E-state index in [1.54, 1.807) is 18.3 Å². The van der Waals surface area contributed by atoms with Gasteiger partial charge in [0, 0.05) is 31.4 Å². The molecule has 1 aliphatic rings. The second kappa shape index (κ2) is 7.27. The Bertz CT molecular complexity index is 771. The number of hydrogen-bond acceptors (Lipinski definition) is 5. The van der Waals surface area contributed by atoms with Crippen LogP contribution >= 0.6 is 11.3 Å². The van der Waals surface area contributed by atoms with Crippen molar-refractivity contribution in [3.05, 3.63) is 52.0 Å². The number of carbonyl (C=O) groups excluding carboxylic acids is 2. The topological polar surface area (TPSA) is 88.3 Å². The fraction of sp³-hybridized carbons (Fsp3) is 0.235. The lowest BCUT2D eigenvalue weighted by atomic mass is 10.1. The highest BCUT2D eigenvalue weighted by molar-refractivity contribution is 7.12. The first kappa shape index (κ1) is 16.2. The maximum absolute atomic E-state index is 11.9. The summed E-state index contributed by atoms with van der Waals surface area (Å²) in [5.41, 5.74) is 7.69. The fourth-order valence-corrected chi connectivity index (χ4v) is 3.24. The lowest BCUT2D eigenvalue weighted by Gasteiger charge is -2.29. The number of aromatic nitrogens is 1. The number of hydrogen-bond donors (Lipinski definition) is 2. The molecule has 0 unspecified atom stereocenters. The van der Waals surface area contributed by atoms with Crippen molar-refractivity contribution in [3.63, 3.8) is 0 Å². The molecule has 0 aliphatic carbocycles. The number of amides is 2. The van der Waals surface area contributed by atoms with Gasteiger partial charge in [-0.15, -0.1) is 11.3 Å². The van der Waals surface area contributed by atoms with Crippen molar-refractivity contribution in [2.75, 3.05) is 24.5 Å². The Balaban J connectivity index is 1.58. The minimum absolute atomic E-state index is 0.0524. The molecule has 7 heteroatoms. The Morgan fingerprint density at radius 3 is 2.96 bits per heavy atom. The summed E-state index contributed by atoms with van der Waals surface area (Å²) in [7, 11) is 0. The largest absolute Gasteiger partial charge is 0.366 e. The Kier molecular flexibility index (Phi) is 4.90. The van der Waals surface area contributed by atoms with E-state index < -0.39 is 5.91 Å². The maximum atomic E-state index is 11.9. The van der Waals surface area contributed by atoms with Gasteiger partial charge in [0.15, 0.2) is 0 Å². The number of nitrogens with two attached hydrogens (primary N) is 1. The molecule has 124 valence electrons. The minimum atomic E-state index is -0.428. The van der Waals surface area contributed by atoms with E-state index >= 15 is 0 Å². The van der Waals surface area contributed by atoms with Crippen LogP contribution in [0, 0.1) is 0 Å². The van der Waals surface area contributed by atoms with Gasteiger partial charge >= 0.3 is 0 Å². The van der Waals surface area contributed by atoms with Crippen molar-refractivity contribution in [1.29, 1.82) is 0 Å². The van der Waals surface area contributed by atoms with E-state index in [0.717, 1.165) is 17.8 Å². The summed E-state index contributed by atoms with van der Waals surface area (Å²) in [5, 5.41) is 4.78. The zero-order chi connectivity index (χ0) is 16.9. The molecule has 2 amide bonds. The van der Waals surface area contributed by atoms with E-state index in [0.29, 0.717) is 30.1 Å². The van der Waals surface area contributed by atoms with Crippen molar-refractivity contribution in [3.8, 4) is 0 Å². The average molecular weight is 342 g/mol. The summed E-state index contributed by atoms with van der Waals surface area (Å²) < 4.78 is 0. The minimum Gasteiger partial charge on any atom is -0.366 e. The molecule has 0 saturated heterocycles. The molecule has 2 aromatic heterocycles. The first-order valence-electron chi connectivity index (χ1n) is 7.67. The van der Waals surface area contributed by atoms with Crippen LogP contribution in [0.15, 0.2) is 41.4 Å². The van der Waals surface area contributed by atoms with Crippen LogP contribution < -0.4 is 16.0 Å². The summed E-state index contributed by atoms with van der Waals surface area (Å²) in [4.78, 5) is 30.5. The monoisotopic (exact) mass is 342 g/mol. The molecule has 24 heavy (non-hydrogen) atoms. The molecule has 2 aromatic rings. The van der Waals surface area contributed by atoms with Gasteiger partial charge in [0.05, 0.1) is 16.3 Å². The number of nitrogens with one attached hydrogen (secondary N) is 1. The smallest absolute Gasteiger partial charge is 0.261 e. The van der Waals surface area contributed by atoms with Gasteiger partial charge in [-0.1, -0.05) is 6.07 Å². The zero-order valence-electron chi connectivity index (χ0n) is 13.1. The van der Waals surface area contributed by atoms with E-state index in [2.05, 4.69) is 15.2 Å². The molecule has 0 fully saturated rings. The number of fused-ring (bicyclic) bond motifs is 1. The summed E-state index contributed by atoms with van der Waals surface area (Å²) in [6.07, 6.45) is 4.20. The summed E-state index contributed by atoms with van der Waals surface area (Å²) in [6, 6.07) is 7.50. The standard InChI is InChI=1S/C17H18N4O2S/c18-16(22)12-10-13-14(4-1-6-19-13)21(11-12)8-3-7-20-17(23)15-5-2-9-24-15/h1-2,4-6,9-10H,3,7-8,11H2,(H2,18,22)(H,20,23). The number of pyridine rings is 1. The SMILES string of the molecule is NC(=O)C1=Cc2ncccc2N(CCCNC(=O)c2cccs2)C1. The number of carbonyl (C=O) groups is 2. The van der Waals surface area contributed by atoms with E-state index in [4.69, 9.17) is 5.73 Å². The van der Waals surface area contributed by atoms with E-state index in [1.807, 2.05) is 23.6 Å². The van der Waals surface area contributed by atoms with E-state index in [1.165, 1.54) is 11.3 Å². The highest BCUT2D eigenvalue weighted by Crippen LogP contribution is 2.26. The third kappa shape index (κ3) is 3.62. The van der Waals surface area contributed by atoms with Crippen LogP contribution in [0.3, 0.4) is 0 Å². The first-order chi connectivity index (χ1) is 11.6. The van der Waals surface area contributed by atoms with Gasteiger partial charge in [-0.05, 0) is 36.1 Å². The van der Waals surface area contributed by atoms with Crippen LogP contribution in [-0.4, -0.2) is 36.4 Å². The lowest BCUT2D eigenvalue weighted by Crippen LogP contribution is -2.35. The zero-order valence-corrected chi connectivity index (χ0v) is 13.9. The highest BCUT2D eigenvalue weighted by atomic mass is 32.1. The normalized spacial score (nSPS) is 13.2. The molecule has 0 atom stereocenters. The van der Waals surface area contributed by atoms with E-state index in [-0.39, 0.29) is 5.91 Å². The Labute approximate surface area is 144 Å². The molecule has 0 aromatic carbocycles. The number of thiophene rings is 1. The summed E-state index contributed by atoms with van der Waals surface area (Å²) >= 11 is 1.42. The molecule has 3 rings (SSSR count). The molecule has 0 radical (unpaired) electrons. The molecule has 0 saturated carbocycles.